The summed E-state index contributed by atoms with van der Waals surface area (Å²) in [6.07, 6.45) is 0. The molecule has 0 spiro atoms. The number of nitrogen functional groups attached to an aromatic ring is 1. The van der Waals surface area contributed by atoms with Gasteiger partial charge in [0, 0.05) is 6.07 Å². The van der Waals surface area contributed by atoms with Gasteiger partial charge < -0.3 is 5.73 Å². The Labute approximate surface area is 98.3 Å². The highest BCUT2D eigenvalue weighted by Crippen LogP contribution is 2.18. The van der Waals surface area contributed by atoms with Crippen LogP contribution in [0, 0.1) is 11.6 Å². The topological polar surface area (TPSA) is 80.9 Å². The van der Waals surface area contributed by atoms with Crippen LogP contribution in [0.3, 0.4) is 0 Å². The molecule has 2 rings (SSSR count). The Morgan fingerprint density at radius 1 is 1.35 bits per heavy atom. The zero-order chi connectivity index (χ0) is 12.4. The van der Waals surface area contributed by atoms with Gasteiger partial charge in [0.1, 0.15) is 17.1 Å². The van der Waals surface area contributed by atoms with Gasteiger partial charge in [-0.2, -0.15) is 0 Å². The Kier molecular flexibility index (Phi) is 2.96. The quantitative estimate of drug-likeness (QED) is 0.800. The second-order valence-corrected chi connectivity index (χ2v) is 3.88. The summed E-state index contributed by atoms with van der Waals surface area (Å²) in [5, 5.41) is 9.59. The number of aromatic nitrogens is 2. The van der Waals surface area contributed by atoms with E-state index in [9.17, 15) is 13.6 Å². The fraction of sp³-hybridized carbons (Fsp3) is 0. The monoisotopic (exact) mass is 256 g/mol. The van der Waals surface area contributed by atoms with E-state index in [1.54, 1.807) is 0 Å². The molecule has 0 aliphatic carbocycles. The number of carbonyl (C=O) groups excluding carboxylic acids is 1. The highest BCUT2D eigenvalue weighted by atomic mass is 32.1. The Balaban J connectivity index is 2.28. The van der Waals surface area contributed by atoms with Gasteiger partial charge in [-0.1, -0.05) is 11.3 Å². The molecule has 88 valence electrons. The lowest BCUT2D eigenvalue weighted by Gasteiger charge is -2.04. The molecule has 0 atom stereocenters. The van der Waals surface area contributed by atoms with Crippen LogP contribution in [0.5, 0.6) is 0 Å². The molecule has 3 N–H and O–H groups in total. The molecule has 0 aliphatic heterocycles. The van der Waals surface area contributed by atoms with Gasteiger partial charge in [0.15, 0.2) is 0 Å². The van der Waals surface area contributed by atoms with Crippen LogP contribution in [0.15, 0.2) is 17.6 Å². The molecule has 1 aromatic carbocycles. The van der Waals surface area contributed by atoms with Gasteiger partial charge in [-0.25, -0.2) is 8.78 Å². The first-order valence-corrected chi connectivity index (χ1v) is 5.28. The van der Waals surface area contributed by atoms with E-state index in [2.05, 4.69) is 15.5 Å². The van der Waals surface area contributed by atoms with Crippen molar-refractivity contribution in [3.05, 3.63) is 34.8 Å². The number of nitrogens with two attached hydrogens (primary N) is 1. The number of anilines is 2. The number of hydrogen-bond acceptors (Lipinski definition) is 5. The molecule has 2 aromatic rings. The van der Waals surface area contributed by atoms with Crippen LogP contribution in [0.4, 0.5) is 19.6 Å². The number of halogens is 2. The van der Waals surface area contributed by atoms with Crippen molar-refractivity contribution in [3.63, 3.8) is 0 Å². The molecule has 0 fully saturated rings. The molecule has 17 heavy (non-hydrogen) atoms. The SMILES string of the molecule is Nc1cc(C(=O)Nc2nncs2)c(F)cc1F. The highest BCUT2D eigenvalue weighted by Gasteiger charge is 2.15. The van der Waals surface area contributed by atoms with Crippen molar-refractivity contribution < 1.29 is 13.6 Å². The van der Waals surface area contributed by atoms with Crippen molar-refractivity contribution in [2.45, 2.75) is 0 Å². The maximum atomic E-state index is 13.3. The minimum absolute atomic E-state index is 0.220. The third-order valence-corrected chi connectivity index (χ3v) is 2.52. The van der Waals surface area contributed by atoms with Crippen LogP contribution in [0.25, 0.3) is 0 Å². The standard InChI is InChI=1S/C9H6F2N4OS/c10-5-2-6(11)7(12)1-4(5)8(16)14-9-15-13-3-17-9/h1-3H,12H2,(H,14,15,16). The zero-order valence-electron chi connectivity index (χ0n) is 8.28. The maximum absolute atomic E-state index is 13.3. The first-order chi connectivity index (χ1) is 8.08. The van der Waals surface area contributed by atoms with Gasteiger partial charge in [-0.05, 0) is 6.07 Å². The second-order valence-electron chi connectivity index (χ2n) is 3.05. The van der Waals surface area contributed by atoms with Crippen molar-refractivity contribution in [2.24, 2.45) is 0 Å². The van der Waals surface area contributed by atoms with Crippen LogP contribution in [-0.2, 0) is 0 Å². The second kappa shape index (κ2) is 4.42. The largest absolute Gasteiger partial charge is 0.396 e. The summed E-state index contributed by atoms with van der Waals surface area (Å²) in [5.41, 5.74) is 6.02. The van der Waals surface area contributed by atoms with Gasteiger partial charge in [0.2, 0.25) is 5.13 Å². The molecule has 8 heteroatoms. The van der Waals surface area contributed by atoms with E-state index in [0.717, 1.165) is 17.4 Å². The third-order valence-electron chi connectivity index (χ3n) is 1.91. The third kappa shape index (κ3) is 2.36. The number of nitrogens with one attached hydrogen (secondary N) is 1. The van der Waals surface area contributed by atoms with Gasteiger partial charge >= 0.3 is 0 Å². The normalized spacial score (nSPS) is 10.2. The van der Waals surface area contributed by atoms with Crippen molar-refractivity contribution in [2.75, 3.05) is 11.1 Å². The average Bonchev–Trinajstić information content (AvgIpc) is 2.76. The Morgan fingerprint density at radius 3 is 2.76 bits per heavy atom. The minimum Gasteiger partial charge on any atom is -0.396 e. The van der Waals surface area contributed by atoms with Gasteiger partial charge in [-0.15, -0.1) is 10.2 Å². The molecule has 5 nitrogen and oxygen atoms in total. The van der Waals surface area contributed by atoms with Crippen molar-refractivity contribution >= 4 is 28.1 Å². The number of nitrogens with zero attached hydrogens (tertiary/aromatic N) is 2. The lowest BCUT2D eigenvalue weighted by molar-refractivity contribution is 0.102. The lowest BCUT2D eigenvalue weighted by Crippen LogP contribution is -2.14. The van der Waals surface area contributed by atoms with Gasteiger partial charge in [0.05, 0.1) is 11.3 Å². The van der Waals surface area contributed by atoms with E-state index in [1.807, 2.05) is 0 Å². The number of amides is 1. The first kappa shape index (κ1) is 11.4. The molecule has 0 saturated carbocycles. The summed E-state index contributed by atoms with van der Waals surface area (Å²) in [6.45, 7) is 0. The summed E-state index contributed by atoms with van der Waals surface area (Å²) < 4.78 is 26.2. The molecular weight excluding hydrogens is 250 g/mol. The summed E-state index contributed by atoms with van der Waals surface area (Å²) in [6, 6.07) is 1.49. The molecule has 0 aliphatic rings. The number of rotatable bonds is 2. The van der Waals surface area contributed by atoms with Crippen molar-refractivity contribution in [1.29, 1.82) is 0 Å². The molecular formula is C9H6F2N4OS. The van der Waals surface area contributed by atoms with Crippen molar-refractivity contribution in [1.82, 2.24) is 10.2 Å². The summed E-state index contributed by atoms with van der Waals surface area (Å²) in [5.74, 6) is -2.65. The first-order valence-electron chi connectivity index (χ1n) is 4.40. The van der Waals surface area contributed by atoms with Crippen LogP contribution >= 0.6 is 11.3 Å². The zero-order valence-corrected chi connectivity index (χ0v) is 9.09. The molecule has 0 unspecified atom stereocenters. The Hall–Kier alpha value is -2.09. The fourth-order valence-electron chi connectivity index (χ4n) is 1.13. The Morgan fingerprint density at radius 2 is 2.12 bits per heavy atom. The average molecular weight is 256 g/mol. The van der Waals surface area contributed by atoms with E-state index in [1.165, 1.54) is 5.51 Å². The molecule has 1 amide bonds. The van der Waals surface area contributed by atoms with Gasteiger partial charge in [-0.3, -0.25) is 10.1 Å². The number of benzene rings is 1. The van der Waals surface area contributed by atoms with Crippen LogP contribution in [-0.4, -0.2) is 16.1 Å². The van der Waals surface area contributed by atoms with E-state index < -0.39 is 17.5 Å². The minimum atomic E-state index is -0.987. The summed E-state index contributed by atoms with van der Waals surface area (Å²) >= 11 is 1.08. The van der Waals surface area contributed by atoms with Crippen LogP contribution in [0.2, 0.25) is 0 Å². The van der Waals surface area contributed by atoms with E-state index >= 15 is 0 Å². The molecule has 1 aromatic heterocycles. The van der Waals surface area contributed by atoms with Gasteiger partial charge in [0.25, 0.3) is 5.91 Å². The van der Waals surface area contributed by atoms with E-state index in [0.29, 0.717) is 6.07 Å². The van der Waals surface area contributed by atoms with Crippen molar-refractivity contribution in [3.8, 4) is 0 Å². The molecule has 0 saturated heterocycles. The fourth-order valence-corrected chi connectivity index (χ4v) is 1.57. The maximum Gasteiger partial charge on any atom is 0.260 e. The Bertz CT molecular complexity index is 558. The van der Waals surface area contributed by atoms with E-state index in [-0.39, 0.29) is 16.4 Å². The molecule has 0 radical (unpaired) electrons. The molecule has 0 bridgehead atoms. The smallest absolute Gasteiger partial charge is 0.260 e. The number of carbonyl (C=O) groups is 1. The summed E-state index contributed by atoms with van der Waals surface area (Å²) in [4.78, 5) is 11.6. The lowest BCUT2D eigenvalue weighted by atomic mass is 10.1. The van der Waals surface area contributed by atoms with E-state index in [4.69, 9.17) is 5.73 Å². The number of hydrogen-bond donors (Lipinski definition) is 2. The predicted molar refractivity (Wildman–Crippen MR) is 58.6 cm³/mol. The highest BCUT2D eigenvalue weighted by molar-refractivity contribution is 7.13. The summed E-state index contributed by atoms with van der Waals surface area (Å²) in [7, 11) is 0. The molecule has 1 heterocycles. The van der Waals surface area contributed by atoms with Crippen LogP contribution in [0.1, 0.15) is 10.4 Å². The predicted octanol–water partition coefficient (Wildman–Crippen LogP) is 1.65. The van der Waals surface area contributed by atoms with Crippen LogP contribution < -0.4 is 11.1 Å².